The van der Waals surface area contributed by atoms with E-state index in [1.54, 1.807) is 23.9 Å². The van der Waals surface area contributed by atoms with Gasteiger partial charge >= 0.3 is 5.63 Å². The van der Waals surface area contributed by atoms with Gasteiger partial charge < -0.3 is 13.8 Å². The fourth-order valence-corrected chi connectivity index (χ4v) is 5.49. The van der Waals surface area contributed by atoms with E-state index >= 15 is 0 Å². The van der Waals surface area contributed by atoms with Gasteiger partial charge in [-0.15, -0.1) is 0 Å². The number of anilines is 1. The van der Waals surface area contributed by atoms with E-state index in [0.29, 0.717) is 17.0 Å². The van der Waals surface area contributed by atoms with Crippen LogP contribution < -0.4 is 10.5 Å². The zero-order valence-corrected chi connectivity index (χ0v) is 19.1. The number of fused-ring (bicyclic) bond motifs is 3. The average Bonchev–Trinajstić information content (AvgIpc) is 3.61. The second-order valence-electron chi connectivity index (χ2n) is 8.60. The molecule has 0 atom stereocenters. The van der Waals surface area contributed by atoms with Crippen molar-refractivity contribution in [2.45, 2.75) is 28.7 Å². The Hall–Kier alpha value is -4.17. The van der Waals surface area contributed by atoms with E-state index in [-0.39, 0.29) is 23.4 Å². The molecule has 0 radical (unpaired) electrons. The standard InChI is InChI=1S/C27H17N3O4S/c31-26-18-6-2-4-8-22(18)35-23-14-16(9-12-20(23)30(26)17-10-11-17)24-28-25(34-29-24)19-13-15-5-1-3-7-21(15)33-27(19)32/h1-9,12-14,17H,10-11H2. The first-order chi connectivity index (χ1) is 17.2. The SMILES string of the molecule is O=C1c2ccccc2Sc2cc(-c3noc(-c4cc5ccccc5oc4=O)n3)ccc2N1C1CC1. The highest BCUT2D eigenvalue weighted by Crippen LogP contribution is 2.46. The van der Waals surface area contributed by atoms with Crippen LogP contribution in [0.25, 0.3) is 33.8 Å². The Morgan fingerprint density at radius 1 is 0.886 bits per heavy atom. The number of benzene rings is 3. The van der Waals surface area contributed by atoms with Crippen molar-refractivity contribution >= 4 is 34.3 Å². The number of nitrogens with zero attached hydrogens (tertiary/aromatic N) is 3. The molecule has 1 aliphatic carbocycles. The van der Waals surface area contributed by atoms with Crippen molar-refractivity contribution in [3.05, 3.63) is 88.8 Å². The van der Waals surface area contributed by atoms with E-state index < -0.39 is 5.63 Å². The largest absolute Gasteiger partial charge is 0.422 e. The van der Waals surface area contributed by atoms with Gasteiger partial charge in [0.15, 0.2) is 0 Å². The van der Waals surface area contributed by atoms with Crippen LogP contribution in [0, 0.1) is 0 Å². The molecule has 0 bridgehead atoms. The van der Waals surface area contributed by atoms with Gasteiger partial charge in [0.05, 0.1) is 11.3 Å². The first-order valence-electron chi connectivity index (χ1n) is 11.3. The molecule has 0 unspecified atom stereocenters. The van der Waals surface area contributed by atoms with Gasteiger partial charge in [-0.2, -0.15) is 4.98 Å². The molecule has 0 N–H and O–H groups in total. The zero-order chi connectivity index (χ0) is 23.5. The van der Waals surface area contributed by atoms with Crippen LogP contribution in [0.4, 0.5) is 5.69 Å². The number of para-hydroxylation sites is 1. The lowest BCUT2D eigenvalue weighted by molar-refractivity contribution is 0.0982. The van der Waals surface area contributed by atoms with E-state index in [2.05, 4.69) is 10.1 Å². The Labute approximate surface area is 203 Å². The van der Waals surface area contributed by atoms with E-state index in [0.717, 1.165) is 39.3 Å². The molecule has 1 aliphatic heterocycles. The van der Waals surface area contributed by atoms with E-state index in [9.17, 15) is 9.59 Å². The predicted octanol–water partition coefficient (Wildman–Crippen LogP) is 5.78. The summed E-state index contributed by atoms with van der Waals surface area (Å²) in [6, 6.07) is 22.7. The van der Waals surface area contributed by atoms with Gasteiger partial charge in [-0.3, -0.25) is 4.79 Å². The minimum absolute atomic E-state index is 0.0342. The van der Waals surface area contributed by atoms with E-state index in [1.807, 2.05) is 65.6 Å². The second-order valence-corrected chi connectivity index (χ2v) is 9.68. The lowest BCUT2D eigenvalue weighted by Crippen LogP contribution is -2.32. The highest BCUT2D eigenvalue weighted by atomic mass is 32.2. The number of amides is 1. The Morgan fingerprint density at radius 2 is 1.71 bits per heavy atom. The van der Waals surface area contributed by atoms with Crippen molar-refractivity contribution in [2.24, 2.45) is 0 Å². The molecular weight excluding hydrogens is 462 g/mol. The summed E-state index contributed by atoms with van der Waals surface area (Å²) in [5, 5.41) is 4.90. The molecule has 5 aromatic rings. The Balaban J connectivity index is 1.31. The maximum absolute atomic E-state index is 13.4. The molecule has 170 valence electrons. The summed E-state index contributed by atoms with van der Waals surface area (Å²) in [7, 11) is 0. The van der Waals surface area contributed by atoms with Crippen LogP contribution in [0.5, 0.6) is 0 Å². The lowest BCUT2D eigenvalue weighted by Gasteiger charge is -2.22. The maximum Gasteiger partial charge on any atom is 0.349 e. The average molecular weight is 480 g/mol. The molecule has 35 heavy (non-hydrogen) atoms. The quantitative estimate of drug-likeness (QED) is 0.303. The van der Waals surface area contributed by atoms with Gasteiger partial charge in [0.2, 0.25) is 5.82 Å². The summed E-state index contributed by atoms with van der Waals surface area (Å²) in [6.45, 7) is 0. The first kappa shape index (κ1) is 20.2. The highest BCUT2D eigenvalue weighted by molar-refractivity contribution is 7.99. The van der Waals surface area contributed by atoms with Crippen LogP contribution >= 0.6 is 11.8 Å². The van der Waals surface area contributed by atoms with Gasteiger partial charge in [-0.1, -0.05) is 47.3 Å². The summed E-state index contributed by atoms with van der Waals surface area (Å²) in [5.74, 6) is 0.493. The smallest absolute Gasteiger partial charge is 0.349 e. The number of aromatic nitrogens is 2. The minimum atomic E-state index is -0.536. The summed E-state index contributed by atoms with van der Waals surface area (Å²) in [5.41, 5.74) is 2.52. The number of carbonyl (C=O) groups is 1. The summed E-state index contributed by atoms with van der Waals surface area (Å²) in [6.07, 6.45) is 2.00. The third kappa shape index (κ3) is 3.37. The third-order valence-electron chi connectivity index (χ3n) is 6.24. The van der Waals surface area contributed by atoms with Gasteiger partial charge in [0, 0.05) is 26.8 Å². The van der Waals surface area contributed by atoms with Crippen LogP contribution in [0.1, 0.15) is 23.2 Å². The molecule has 3 heterocycles. The van der Waals surface area contributed by atoms with Gasteiger partial charge in [0.25, 0.3) is 11.8 Å². The van der Waals surface area contributed by atoms with Crippen molar-refractivity contribution in [1.82, 2.24) is 10.1 Å². The monoisotopic (exact) mass is 479 g/mol. The van der Waals surface area contributed by atoms with Gasteiger partial charge in [-0.05, 0) is 55.3 Å². The minimum Gasteiger partial charge on any atom is -0.422 e. The van der Waals surface area contributed by atoms with Crippen LogP contribution in [0.15, 0.2) is 96.3 Å². The number of carbonyl (C=O) groups excluding carboxylic acids is 1. The molecule has 1 amide bonds. The van der Waals surface area contributed by atoms with Crippen molar-refractivity contribution in [2.75, 3.05) is 4.90 Å². The number of hydrogen-bond acceptors (Lipinski definition) is 7. The summed E-state index contributed by atoms with van der Waals surface area (Å²) >= 11 is 1.56. The normalized spacial score (nSPS) is 15.1. The molecular formula is C27H17N3O4S. The fraction of sp³-hybridized carbons (Fsp3) is 0.111. The summed E-state index contributed by atoms with van der Waals surface area (Å²) in [4.78, 5) is 34.2. The van der Waals surface area contributed by atoms with Crippen molar-refractivity contribution in [3.63, 3.8) is 0 Å². The summed E-state index contributed by atoms with van der Waals surface area (Å²) < 4.78 is 10.9. The first-order valence-corrected chi connectivity index (χ1v) is 12.1. The molecule has 0 saturated heterocycles. The van der Waals surface area contributed by atoms with Crippen molar-refractivity contribution in [3.8, 4) is 22.8 Å². The zero-order valence-electron chi connectivity index (χ0n) is 18.3. The molecule has 3 aromatic carbocycles. The molecule has 2 aromatic heterocycles. The number of rotatable bonds is 3. The molecule has 2 aliphatic rings. The van der Waals surface area contributed by atoms with Crippen LogP contribution in [-0.4, -0.2) is 22.1 Å². The molecule has 1 fully saturated rings. The molecule has 0 spiro atoms. The lowest BCUT2D eigenvalue weighted by atomic mass is 10.1. The van der Waals surface area contributed by atoms with Crippen molar-refractivity contribution < 1.29 is 13.7 Å². The van der Waals surface area contributed by atoms with Gasteiger partial charge in [-0.25, -0.2) is 4.79 Å². The fourth-order valence-electron chi connectivity index (χ4n) is 4.38. The van der Waals surface area contributed by atoms with E-state index in [4.69, 9.17) is 8.94 Å². The number of hydrogen-bond donors (Lipinski definition) is 0. The second kappa shape index (κ2) is 7.68. The van der Waals surface area contributed by atoms with Gasteiger partial charge in [0.1, 0.15) is 11.1 Å². The van der Waals surface area contributed by atoms with Crippen LogP contribution in [0.2, 0.25) is 0 Å². The molecule has 7 rings (SSSR count). The van der Waals surface area contributed by atoms with Crippen LogP contribution in [-0.2, 0) is 0 Å². The predicted molar refractivity (Wildman–Crippen MR) is 132 cm³/mol. The molecule has 7 nitrogen and oxygen atoms in total. The highest BCUT2D eigenvalue weighted by Gasteiger charge is 2.38. The molecule has 1 saturated carbocycles. The molecule has 8 heteroatoms. The Morgan fingerprint density at radius 3 is 2.60 bits per heavy atom. The van der Waals surface area contributed by atoms with E-state index in [1.165, 1.54) is 0 Å². The Bertz CT molecular complexity index is 1700. The topological polar surface area (TPSA) is 89.4 Å². The third-order valence-corrected chi connectivity index (χ3v) is 7.37. The van der Waals surface area contributed by atoms with Crippen molar-refractivity contribution in [1.29, 1.82) is 0 Å². The van der Waals surface area contributed by atoms with Crippen LogP contribution in [0.3, 0.4) is 0 Å². The Kier molecular flexibility index (Phi) is 4.44. The maximum atomic E-state index is 13.4.